The molecule has 0 radical (unpaired) electrons. The second-order valence-electron chi connectivity index (χ2n) is 4.72. The summed E-state index contributed by atoms with van der Waals surface area (Å²) in [5.41, 5.74) is 8.23. The van der Waals surface area contributed by atoms with Gasteiger partial charge >= 0.3 is 11.9 Å². The van der Waals surface area contributed by atoms with Crippen molar-refractivity contribution in [3.8, 4) is 12.3 Å². The van der Waals surface area contributed by atoms with Crippen molar-refractivity contribution >= 4 is 11.9 Å². The number of esters is 1. The highest BCUT2D eigenvalue weighted by atomic mass is 16.7. The molecule has 0 amide bonds. The minimum Gasteiger partial charge on any atom is -0.450 e. The van der Waals surface area contributed by atoms with Crippen molar-refractivity contribution in [2.45, 2.75) is 25.9 Å². The van der Waals surface area contributed by atoms with E-state index >= 15 is 0 Å². The summed E-state index contributed by atoms with van der Waals surface area (Å²) in [4.78, 5) is 29.3. The van der Waals surface area contributed by atoms with E-state index in [-0.39, 0.29) is 5.56 Å². The van der Waals surface area contributed by atoms with Crippen LogP contribution in [0.3, 0.4) is 0 Å². The van der Waals surface area contributed by atoms with Crippen LogP contribution in [0, 0.1) is 12.3 Å². The van der Waals surface area contributed by atoms with Gasteiger partial charge in [-0.25, -0.2) is 9.59 Å². The number of ether oxygens (including phenoxy) is 1. The molecule has 108 valence electrons. The molecule has 0 spiro atoms. The molecule has 0 aromatic heterocycles. The van der Waals surface area contributed by atoms with Gasteiger partial charge in [-0.05, 0) is 37.1 Å². The molecule has 1 rings (SSSR count). The quantitative estimate of drug-likeness (QED) is 0.158. The molecule has 0 N–H and O–H groups in total. The molecule has 1 aromatic rings. The lowest BCUT2D eigenvalue weighted by Gasteiger charge is -2.24. The molecule has 0 bridgehead atoms. The molecule has 7 nitrogen and oxygen atoms in total. The van der Waals surface area contributed by atoms with Crippen LogP contribution in [0.2, 0.25) is 0 Å². The average Bonchev–Trinajstić information content (AvgIpc) is 2.43. The summed E-state index contributed by atoms with van der Waals surface area (Å²) in [6.45, 7) is 3.40. The molecular formula is C14H13N3O4. The molecule has 0 fully saturated rings. The van der Waals surface area contributed by atoms with Crippen molar-refractivity contribution in [2.75, 3.05) is 0 Å². The van der Waals surface area contributed by atoms with Crippen LogP contribution >= 0.6 is 0 Å². The highest BCUT2D eigenvalue weighted by molar-refractivity contribution is 5.89. The van der Waals surface area contributed by atoms with Crippen molar-refractivity contribution in [1.82, 2.24) is 0 Å². The van der Waals surface area contributed by atoms with Gasteiger partial charge in [0, 0.05) is 17.3 Å². The summed E-state index contributed by atoms with van der Waals surface area (Å²) >= 11 is 0. The smallest absolute Gasteiger partial charge is 0.384 e. The molecular weight excluding hydrogens is 274 g/mol. The van der Waals surface area contributed by atoms with E-state index in [2.05, 4.69) is 15.0 Å². The van der Waals surface area contributed by atoms with Crippen LogP contribution in [0.4, 0.5) is 0 Å². The number of azide groups is 1. The highest BCUT2D eigenvalue weighted by Crippen LogP contribution is 2.18. The zero-order valence-electron chi connectivity index (χ0n) is 11.6. The lowest BCUT2D eigenvalue weighted by Crippen LogP contribution is -2.30. The first-order chi connectivity index (χ1) is 9.88. The third-order valence-electron chi connectivity index (χ3n) is 2.44. The first-order valence-electron chi connectivity index (χ1n) is 5.92. The number of rotatable bonds is 5. The fraction of sp³-hybridized carbons (Fsp3) is 0.286. The van der Waals surface area contributed by atoms with E-state index < -0.39 is 17.5 Å². The van der Waals surface area contributed by atoms with Crippen molar-refractivity contribution < 1.29 is 19.2 Å². The van der Waals surface area contributed by atoms with E-state index in [9.17, 15) is 9.59 Å². The van der Waals surface area contributed by atoms with Crippen LogP contribution in [0.5, 0.6) is 0 Å². The summed E-state index contributed by atoms with van der Waals surface area (Å²) in [5.74, 6) is 0.357. The Bertz CT molecular complexity index is 640. The molecule has 0 unspecified atom stereocenters. The van der Waals surface area contributed by atoms with Crippen LogP contribution in [-0.4, -0.2) is 17.5 Å². The summed E-state index contributed by atoms with van der Waals surface area (Å²) in [5, 5.41) is 2.74. The van der Waals surface area contributed by atoms with Crippen LogP contribution in [0.25, 0.3) is 10.4 Å². The van der Waals surface area contributed by atoms with Gasteiger partial charge in [0.15, 0.2) is 0 Å². The van der Waals surface area contributed by atoms with Crippen molar-refractivity contribution in [3.63, 3.8) is 0 Å². The molecule has 0 aliphatic rings. The lowest BCUT2D eigenvalue weighted by molar-refractivity contribution is -0.148. The second-order valence-corrected chi connectivity index (χ2v) is 4.72. The standard InChI is InChI=1S/C14H13N3O4/c1-4-12(18)20-14(2,3)9-10-6-5-7-11(8-10)13(19)21-17-16-15/h1,5-8H,9H2,2-3H3. The fourth-order valence-corrected chi connectivity index (χ4v) is 1.72. The topological polar surface area (TPSA) is 101 Å². The van der Waals surface area contributed by atoms with Crippen molar-refractivity contribution in [1.29, 1.82) is 0 Å². The Morgan fingerprint density at radius 3 is 2.81 bits per heavy atom. The first kappa shape index (κ1) is 16.1. The van der Waals surface area contributed by atoms with Crippen LogP contribution in [0.15, 0.2) is 29.5 Å². The minimum atomic E-state index is -0.823. The molecule has 0 saturated carbocycles. The highest BCUT2D eigenvalue weighted by Gasteiger charge is 2.23. The third kappa shape index (κ3) is 5.27. The number of hydrogen-bond donors (Lipinski definition) is 0. The molecule has 1 aromatic carbocycles. The molecule has 0 saturated heterocycles. The predicted molar refractivity (Wildman–Crippen MR) is 73.7 cm³/mol. The van der Waals surface area contributed by atoms with Gasteiger partial charge in [0.1, 0.15) is 10.9 Å². The van der Waals surface area contributed by atoms with Crippen LogP contribution in [0.1, 0.15) is 29.8 Å². The Morgan fingerprint density at radius 2 is 2.19 bits per heavy atom. The predicted octanol–water partition coefficient (Wildman–Crippen LogP) is 2.57. The zero-order chi connectivity index (χ0) is 15.9. The molecule has 0 aliphatic heterocycles. The monoisotopic (exact) mass is 287 g/mol. The molecule has 0 atom stereocenters. The van der Waals surface area contributed by atoms with Crippen LogP contribution in [-0.2, 0) is 20.8 Å². The van der Waals surface area contributed by atoms with Gasteiger partial charge in [0.05, 0.1) is 5.56 Å². The Balaban J connectivity index is 2.86. The summed E-state index contributed by atoms with van der Waals surface area (Å²) in [7, 11) is 0. The third-order valence-corrected chi connectivity index (χ3v) is 2.44. The number of hydrogen-bond acceptors (Lipinski definition) is 5. The first-order valence-corrected chi connectivity index (χ1v) is 5.92. The number of benzene rings is 1. The Morgan fingerprint density at radius 1 is 1.48 bits per heavy atom. The summed E-state index contributed by atoms with van der Waals surface area (Å²) < 4.78 is 5.10. The van der Waals surface area contributed by atoms with Gasteiger partial charge in [0.2, 0.25) is 0 Å². The minimum absolute atomic E-state index is 0.221. The van der Waals surface area contributed by atoms with Gasteiger partial charge in [0.25, 0.3) is 0 Å². The van der Waals surface area contributed by atoms with Gasteiger partial charge in [-0.3, -0.25) is 0 Å². The summed E-state index contributed by atoms with van der Waals surface area (Å²) in [6, 6.07) is 6.47. The van der Waals surface area contributed by atoms with E-state index in [1.54, 1.807) is 32.0 Å². The maximum absolute atomic E-state index is 11.5. The maximum Gasteiger partial charge on any atom is 0.384 e. The van der Waals surface area contributed by atoms with Gasteiger partial charge in [-0.2, -0.15) is 0 Å². The van der Waals surface area contributed by atoms with Crippen molar-refractivity contribution in [3.05, 3.63) is 45.8 Å². The number of carbonyl (C=O) groups is 2. The molecule has 7 heteroatoms. The normalized spacial score (nSPS) is 9.95. The Hall–Kier alpha value is -2.97. The number of nitrogens with zero attached hydrogens (tertiary/aromatic N) is 3. The average molecular weight is 287 g/mol. The Labute approximate surface area is 121 Å². The maximum atomic E-state index is 11.5. The van der Waals surface area contributed by atoms with E-state index in [0.717, 1.165) is 5.56 Å². The fourth-order valence-electron chi connectivity index (χ4n) is 1.72. The van der Waals surface area contributed by atoms with Gasteiger partial charge in [-0.1, -0.05) is 12.1 Å². The molecule has 0 heterocycles. The molecule has 21 heavy (non-hydrogen) atoms. The zero-order valence-corrected chi connectivity index (χ0v) is 11.6. The van der Waals surface area contributed by atoms with Crippen LogP contribution < -0.4 is 0 Å². The Kier molecular flexibility index (Phi) is 5.35. The van der Waals surface area contributed by atoms with Gasteiger partial charge in [-0.15, -0.1) is 6.42 Å². The number of terminal acetylenes is 1. The van der Waals surface area contributed by atoms with E-state index in [0.29, 0.717) is 6.42 Å². The second kappa shape index (κ2) is 6.98. The SMILES string of the molecule is C#CC(=O)OC(C)(C)Cc1cccc(C(=O)ON=[N+]=[N-])c1. The van der Waals surface area contributed by atoms with Crippen molar-refractivity contribution in [2.24, 2.45) is 5.28 Å². The van der Waals surface area contributed by atoms with Gasteiger partial charge < -0.3 is 9.57 Å². The van der Waals surface area contributed by atoms with E-state index in [1.165, 1.54) is 6.07 Å². The number of carbonyl (C=O) groups excluding carboxylic acids is 2. The largest absolute Gasteiger partial charge is 0.450 e. The van der Waals surface area contributed by atoms with E-state index in [4.69, 9.17) is 16.7 Å². The lowest BCUT2D eigenvalue weighted by atomic mass is 9.97. The summed E-state index contributed by atoms with van der Waals surface area (Å²) in [6.07, 6.45) is 5.31. The van der Waals surface area contributed by atoms with E-state index in [1.807, 2.05) is 5.92 Å². The molecule has 0 aliphatic carbocycles.